The highest BCUT2D eigenvalue weighted by Gasteiger charge is 2.28. The van der Waals surface area contributed by atoms with Crippen molar-refractivity contribution in [2.45, 2.75) is 37.6 Å². The lowest BCUT2D eigenvalue weighted by Crippen LogP contribution is -2.34. The van der Waals surface area contributed by atoms with Crippen molar-refractivity contribution in [1.82, 2.24) is 25.1 Å². The molecule has 0 saturated heterocycles. The maximum absolute atomic E-state index is 14.2. The van der Waals surface area contributed by atoms with Crippen molar-refractivity contribution in [3.8, 4) is 17.0 Å². The number of carbonyl (C=O) groups is 1. The third-order valence-corrected chi connectivity index (χ3v) is 5.39. The number of aromatic nitrogens is 4. The Balaban J connectivity index is 1.39. The van der Waals surface area contributed by atoms with Crippen LogP contribution in [-0.4, -0.2) is 44.6 Å². The first-order valence-electron chi connectivity index (χ1n) is 9.65. The van der Waals surface area contributed by atoms with E-state index in [-0.39, 0.29) is 17.8 Å². The first kappa shape index (κ1) is 20.3. The number of aryl methyl sites for hydroxylation is 2. The van der Waals surface area contributed by atoms with E-state index in [4.69, 9.17) is 4.74 Å². The Morgan fingerprint density at radius 1 is 1.40 bits per heavy atom. The summed E-state index contributed by atoms with van der Waals surface area (Å²) in [5.74, 6) is 0.207. The van der Waals surface area contributed by atoms with Crippen LogP contribution >= 0.6 is 11.8 Å². The Morgan fingerprint density at radius 3 is 3.03 bits per heavy atom. The molecule has 0 saturated carbocycles. The molecule has 1 aromatic carbocycles. The Kier molecular flexibility index (Phi) is 5.98. The highest BCUT2D eigenvalue weighted by atomic mass is 32.2. The van der Waals surface area contributed by atoms with Gasteiger partial charge < -0.3 is 10.1 Å². The van der Waals surface area contributed by atoms with Gasteiger partial charge in [0, 0.05) is 42.9 Å². The standard InChI is InChI=1S/C21H22FN5O2S/c1-13-4-7-27(26-13)8-5-19(28)24-12-16-10-14-9-15(22)11-17(20(14)29-16)18-3-6-23-21(25-18)30-2/h3-4,6-7,9,11,16H,5,8,10,12H2,1-2H3,(H,24,28)/t16-/m1/s1. The number of benzene rings is 1. The third kappa shape index (κ3) is 4.62. The molecule has 1 aliphatic rings. The van der Waals surface area contributed by atoms with E-state index < -0.39 is 0 Å². The molecule has 1 aliphatic heterocycles. The van der Waals surface area contributed by atoms with Gasteiger partial charge in [-0.25, -0.2) is 14.4 Å². The van der Waals surface area contributed by atoms with Gasteiger partial charge in [-0.1, -0.05) is 11.8 Å². The van der Waals surface area contributed by atoms with Crippen molar-refractivity contribution in [3.63, 3.8) is 0 Å². The molecule has 9 heteroatoms. The highest BCUT2D eigenvalue weighted by Crippen LogP contribution is 2.39. The summed E-state index contributed by atoms with van der Waals surface area (Å²) in [7, 11) is 0. The van der Waals surface area contributed by atoms with Crippen molar-refractivity contribution in [2.24, 2.45) is 0 Å². The lowest BCUT2D eigenvalue weighted by atomic mass is 10.0. The summed E-state index contributed by atoms with van der Waals surface area (Å²) in [6.07, 6.45) is 6.00. The van der Waals surface area contributed by atoms with Crippen LogP contribution in [-0.2, 0) is 17.8 Å². The minimum atomic E-state index is -0.337. The molecule has 0 aliphatic carbocycles. The average molecular weight is 428 g/mol. The van der Waals surface area contributed by atoms with Crippen LogP contribution in [0.3, 0.4) is 0 Å². The molecular weight excluding hydrogens is 405 g/mol. The number of nitrogens with zero attached hydrogens (tertiary/aromatic N) is 4. The fourth-order valence-corrected chi connectivity index (χ4v) is 3.76. The summed E-state index contributed by atoms with van der Waals surface area (Å²) in [5.41, 5.74) is 2.92. The monoisotopic (exact) mass is 427 g/mol. The van der Waals surface area contributed by atoms with Gasteiger partial charge in [0.2, 0.25) is 5.91 Å². The number of halogens is 1. The molecule has 0 unspecified atom stereocenters. The number of hydrogen-bond acceptors (Lipinski definition) is 6. The molecular formula is C21H22FN5O2S. The molecule has 7 nitrogen and oxygen atoms in total. The smallest absolute Gasteiger partial charge is 0.221 e. The van der Waals surface area contributed by atoms with Gasteiger partial charge in [-0.05, 0) is 37.4 Å². The number of amides is 1. The molecule has 0 bridgehead atoms. The van der Waals surface area contributed by atoms with E-state index in [1.807, 2.05) is 25.4 Å². The number of hydrogen-bond donors (Lipinski definition) is 1. The summed E-state index contributed by atoms with van der Waals surface area (Å²) in [6, 6.07) is 6.55. The number of rotatable bonds is 7. The Morgan fingerprint density at radius 2 is 2.27 bits per heavy atom. The lowest BCUT2D eigenvalue weighted by molar-refractivity contribution is -0.121. The topological polar surface area (TPSA) is 81.9 Å². The first-order chi connectivity index (χ1) is 14.5. The molecule has 1 N–H and O–H groups in total. The fraction of sp³-hybridized carbons (Fsp3) is 0.333. The van der Waals surface area contributed by atoms with Crippen LogP contribution in [0, 0.1) is 12.7 Å². The number of fused-ring (bicyclic) bond motifs is 1. The molecule has 0 radical (unpaired) electrons. The zero-order valence-corrected chi connectivity index (χ0v) is 17.6. The van der Waals surface area contributed by atoms with Crippen molar-refractivity contribution >= 4 is 17.7 Å². The number of ether oxygens (including phenoxy) is 1. The molecule has 3 heterocycles. The molecule has 4 rings (SSSR count). The van der Waals surface area contributed by atoms with Gasteiger partial charge in [0.1, 0.15) is 17.7 Å². The summed E-state index contributed by atoms with van der Waals surface area (Å²) < 4.78 is 22.0. The van der Waals surface area contributed by atoms with Crippen LogP contribution < -0.4 is 10.1 Å². The van der Waals surface area contributed by atoms with Crippen LogP contribution in [0.5, 0.6) is 5.75 Å². The van der Waals surface area contributed by atoms with Crippen molar-refractivity contribution in [2.75, 3.05) is 12.8 Å². The molecule has 3 aromatic rings. The number of thioether (sulfide) groups is 1. The SMILES string of the molecule is CSc1nccc(-c2cc(F)cc3c2O[C@@H](CNC(=O)CCn2ccc(C)n2)C3)n1. The third-order valence-electron chi connectivity index (χ3n) is 4.82. The van der Waals surface area contributed by atoms with E-state index in [0.717, 1.165) is 11.3 Å². The normalized spacial score (nSPS) is 15.0. The Labute approximate surface area is 178 Å². The van der Waals surface area contributed by atoms with Crippen LogP contribution in [0.25, 0.3) is 11.3 Å². The molecule has 2 aromatic heterocycles. The zero-order chi connectivity index (χ0) is 21.1. The zero-order valence-electron chi connectivity index (χ0n) is 16.8. The molecule has 1 atom stereocenters. The van der Waals surface area contributed by atoms with Crippen molar-refractivity contribution in [1.29, 1.82) is 0 Å². The van der Waals surface area contributed by atoms with Crippen LogP contribution in [0.2, 0.25) is 0 Å². The van der Waals surface area contributed by atoms with Gasteiger partial charge in [0.25, 0.3) is 0 Å². The van der Waals surface area contributed by atoms with Gasteiger partial charge in [-0.3, -0.25) is 9.48 Å². The number of nitrogens with one attached hydrogen (secondary N) is 1. The van der Waals surface area contributed by atoms with Crippen LogP contribution in [0.1, 0.15) is 17.7 Å². The summed E-state index contributed by atoms with van der Waals surface area (Å²) in [5, 5.41) is 7.78. The van der Waals surface area contributed by atoms with E-state index in [1.54, 1.807) is 16.9 Å². The highest BCUT2D eigenvalue weighted by molar-refractivity contribution is 7.98. The number of carbonyl (C=O) groups excluding carboxylic acids is 1. The molecule has 0 spiro atoms. The van der Waals surface area contributed by atoms with E-state index >= 15 is 0 Å². The summed E-state index contributed by atoms with van der Waals surface area (Å²) >= 11 is 1.42. The predicted molar refractivity (Wildman–Crippen MR) is 112 cm³/mol. The second-order valence-corrected chi connectivity index (χ2v) is 7.86. The van der Waals surface area contributed by atoms with E-state index in [1.165, 1.54) is 23.9 Å². The van der Waals surface area contributed by atoms with Gasteiger partial charge in [0.15, 0.2) is 5.16 Å². The minimum Gasteiger partial charge on any atom is -0.487 e. The van der Waals surface area contributed by atoms with E-state index in [0.29, 0.717) is 48.1 Å². The van der Waals surface area contributed by atoms with E-state index in [2.05, 4.69) is 20.4 Å². The van der Waals surface area contributed by atoms with Gasteiger partial charge in [0.05, 0.1) is 17.9 Å². The summed E-state index contributed by atoms with van der Waals surface area (Å²) in [6.45, 7) is 2.78. The van der Waals surface area contributed by atoms with E-state index in [9.17, 15) is 9.18 Å². The van der Waals surface area contributed by atoms with Gasteiger partial charge in [-0.15, -0.1) is 0 Å². The van der Waals surface area contributed by atoms with Crippen molar-refractivity contribution in [3.05, 3.63) is 53.7 Å². The van der Waals surface area contributed by atoms with Gasteiger partial charge >= 0.3 is 0 Å². The fourth-order valence-electron chi connectivity index (χ4n) is 3.41. The molecule has 156 valence electrons. The predicted octanol–water partition coefficient (Wildman–Crippen LogP) is 3.02. The Hall–Kier alpha value is -2.94. The second-order valence-electron chi connectivity index (χ2n) is 7.09. The lowest BCUT2D eigenvalue weighted by Gasteiger charge is -2.13. The molecule has 1 amide bonds. The first-order valence-corrected chi connectivity index (χ1v) is 10.9. The van der Waals surface area contributed by atoms with Gasteiger partial charge in [-0.2, -0.15) is 5.10 Å². The maximum Gasteiger partial charge on any atom is 0.221 e. The molecule has 0 fully saturated rings. The van der Waals surface area contributed by atoms with Crippen LogP contribution in [0.4, 0.5) is 4.39 Å². The average Bonchev–Trinajstić information content (AvgIpc) is 3.35. The maximum atomic E-state index is 14.2. The quantitative estimate of drug-likeness (QED) is 0.461. The summed E-state index contributed by atoms with van der Waals surface area (Å²) in [4.78, 5) is 20.8. The Bertz CT molecular complexity index is 1070. The minimum absolute atomic E-state index is 0.0745. The molecule has 30 heavy (non-hydrogen) atoms. The van der Waals surface area contributed by atoms with Crippen molar-refractivity contribution < 1.29 is 13.9 Å². The second kappa shape index (κ2) is 8.83. The van der Waals surface area contributed by atoms with Crippen LogP contribution in [0.15, 0.2) is 41.8 Å². The largest absolute Gasteiger partial charge is 0.487 e.